The van der Waals surface area contributed by atoms with Crippen molar-refractivity contribution in [3.05, 3.63) is 12.7 Å². The van der Waals surface area contributed by atoms with Crippen LogP contribution in [-0.2, 0) is 15.8 Å². The minimum absolute atomic E-state index is 0.0945. The van der Waals surface area contributed by atoms with Gasteiger partial charge in [-0.1, -0.05) is 112 Å². The zero-order valence-electron chi connectivity index (χ0n) is 23.3. The highest BCUT2D eigenvalue weighted by Gasteiger charge is 2.15. The molecular weight excluding hydrogens is 521 g/mol. The average molecular weight is 572 g/mol. The molecule has 2 rings (SSSR count). The summed E-state index contributed by atoms with van der Waals surface area (Å²) in [6, 6.07) is 0. The van der Waals surface area contributed by atoms with Crippen molar-refractivity contribution >= 4 is 46.4 Å². The van der Waals surface area contributed by atoms with Gasteiger partial charge in [0.1, 0.15) is 19.6 Å². The lowest BCUT2D eigenvalue weighted by Crippen LogP contribution is -2.16. The fraction of sp³-hybridized carbons (Fsp3) is 0.815. The van der Waals surface area contributed by atoms with Crippen molar-refractivity contribution in [1.82, 2.24) is 19.5 Å². The van der Waals surface area contributed by atoms with E-state index >= 15 is 0 Å². The van der Waals surface area contributed by atoms with Crippen molar-refractivity contribution in [3.63, 3.8) is 0 Å². The maximum atomic E-state index is 12.7. The minimum atomic E-state index is -1.81. The summed E-state index contributed by atoms with van der Waals surface area (Å²) in [5.74, 6) is 1.51. The van der Waals surface area contributed by atoms with Crippen LogP contribution in [0.3, 0.4) is 0 Å². The van der Waals surface area contributed by atoms with Crippen molar-refractivity contribution in [2.75, 3.05) is 17.8 Å². The lowest BCUT2D eigenvalue weighted by atomic mass is 10.0. The van der Waals surface area contributed by atoms with Gasteiger partial charge in [-0.05, 0) is 20.3 Å². The number of ether oxygens (including phenoxy) is 1. The molecule has 0 saturated heterocycles. The highest BCUT2D eigenvalue weighted by atomic mass is 33.1. The molecule has 3 atom stereocenters. The lowest BCUT2D eigenvalue weighted by Gasteiger charge is -2.16. The van der Waals surface area contributed by atoms with E-state index in [2.05, 4.69) is 28.8 Å². The molecule has 7 nitrogen and oxygen atoms in total. The number of nitrogens with zero attached hydrogens (tertiary/aromatic N) is 4. The van der Waals surface area contributed by atoms with E-state index < -0.39 is 7.80 Å². The molecule has 0 radical (unpaired) electrons. The Labute approximate surface area is 233 Å². The number of nitrogens with two attached hydrogens (primary N) is 1. The third-order valence-electron chi connectivity index (χ3n) is 6.64. The highest BCUT2D eigenvalue weighted by Crippen LogP contribution is 2.42. The number of rotatable bonds is 23. The van der Waals surface area contributed by atoms with E-state index in [0.29, 0.717) is 29.9 Å². The van der Waals surface area contributed by atoms with Gasteiger partial charge in [0, 0.05) is 5.75 Å². The van der Waals surface area contributed by atoms with Crippen molar-refractivity contribution in [1.29, 1.82) is 0 Å². The fourth-order valence-electron chi connectivity index (χ4n) is 4.26. The SMILES string of the molecule is CCCCCCCCCCCCCCCCSSC(C)[PH](=O)COC(C)Cn1cnc2c(N)ncnc21. The molecular formula is C27H50N5O2PS2. The van der Waals surface area contributed by atoms with E-state index in [1.165, 1.54) is 96.2 Å². The predicted octanol–water partition coefficient (Wildman–Crippen LogP) is 8.54. The van der Waals surface area contributed by atoms with E-state index in [4.69, 9.17) is 10.5 Å². The van der Waals surface area contributed by atoms with E-state index in [9.17, 15) is 4.57 Å². The van der Waals surface area contributed by atoms with Crippen LogP contribution in [0.15, 0.2) is 12.7 Å². The molecule has 212 valence electrons. The molecule has 10 heteroatoms. The van der Waals surface area contributed by atoms with E-state index in [1.54, 1.807) is 17.1 Å². The first-order chi connectivity index (χ1) is 18.0. The number of nitrogen functional groups attached to an aromatic ring is 1. The van der Waals surface area contributed by atoms with Gasteiger partial charge >= 0.3 is 0 Å². The molecule has 2 N–H and O–H groups in total. The van der Waals surface area contributed by atoms with Gasteiger partial charge in [0.05, 0.1) is 30.3 Å². The summed E-state index contributed by atoms with van der Waals surface area (Å²) >= 11 is 0. The Morgan fingerprint density at radius 2 is 1.51 bits per heavy atom. The molecule has 0 aliphatic carbocycles. The molecule has 0 spiro atoms. The van der Waals surface area contributed by atoms with Gasteiger partial charge in [0.2, 0.25) is 0 Å². The van der Waals surface area contributed by atoms with Crippen molar-refractivity contribution in [2.24, 2.45) is 0 Å². The molecule has 2 aromatic rings. The number of unbranched alkanes of at least 4 members (excludes halogenated alkanes) is 13. The van der Waals surface area contributed by atoms with E-state index in [1.807, 2.05) is 22.3 Å². The maximum absolute atomic E-state index is 12.7. The summed E-state index contributed by atoms with van der Waals surface area (Å²) in [6.07, 6.45) is 22.8. The normalized spacial score (nSPS) is 14.2. The Morgan fingerprint density at radius 1 is 0.919 bits per heavy atom. The highest BCUT2D eigenvalue weighted by molar-refractivity contribution is 8.77. The van der Waals surface area contributed by atoms with Gasteiger partial charge in [-0.2, -0.15) is 0 Å². The van der Waals surface area contributed by atoms with Gasteiger partial charge in [-0.25, -0.2) is 15.0 Å². The smallest absolute Gasteiger partial charge is 0.165 e. The zero-order valence-corrected chi connectivity index (χ0v) is 26.0. The van der Waals surface area contributed by atoms with Crippen LogP contribution in [0.25, 0.3) is 11.2 Å². The maximum Gasteiger partial charge on any atom is 0.165 e. The molecule has 0 saturated carbocycles. The molecule has 37 heavy (non-hydrogen) atoms. The quantitative estimate of drug-likeness (QED) is 0.0805. The van der Waals surface area contributed by atoms with Gasteiger partial charge in [-0.3, -0.25) is 0 Å². The van der Waals surface area contributed by atoms with Crippen LogP contribution >= 0.6 is 29.4 Å². The molecule has 0 aliphatic rings. The molecule has 2 aromatic heterocycles. The molecule has 2 heterocycles. The molecule has 0 aliphatic heterocycles. The number of fused-ring (bicyclic) bond motifs is 1. The molecule has 0 fully saturated rings. The van der Waals surface area contributed by atoms with Crippen molar-refractivity contribution < 1.29 is 9.30 Å². The van der Waals surface area contributed by atoms with Gasteiger partial charge in [0.15, 0.2) is 11.5 Å². The van der Waals surface area contributed by atoms with Crippen LogP contribution in [0.4, 0.5) is 5.82 Å². The number of hydrogen-bond acceptors (Lipinski definition) is 8. The second kappa shape index (κ2) is 20.2. The Bertz CT molecular complexity index is 886. The van der Waals surface area contributed by atoms with E-state index in [0.717, 1.165) is 5.75 Å². The van der Waals surface area contributed by atoms with Crippen LogP contribution < -0.4 is 5.73 Å². The first kappa shape index (κ1) is 32.5. The first-order valence-corrected chi connectivity index (χ1v) is 18.4. The Balaban J connectivity index is 1.42. The number of hydrogen-bond donors (Lipinski definition) is 1. The summed E-state index contributed by atoms with van der Waals surface area (Å²) in [5, 5.41) is 0. The van der Waals surface area contributed by atoms with Crippen molar-refractivity contribution in [3.8, 4) is 0 Å². The minimum Gasteiger partial charge on any atom is -0.382 e. The summed E-state index contributed by atoms with van der Waals surface area (Å²) in [4.78, 5) is 12.6. The van der Waals surface area contributed by atoms with Gasteiger partial charge < -0.3 is 19.6 Å². The van der Waals surface area contributed by atoms with Crippen LogP contribution in [-0.4, -0.2) is 42.7 Å². The van der Waals surface area contributed by atoms with Crippen molar-refractivity contribution in [2.45, 2.75) is 128 Å². The second-order valence-corrected chi connectivity index (χ2v) is 15.4. The van der Waals surface area contributed by atoms with E-state index in [-0.39, 0.29) is 11.1 Å². The predicted molar refractivity (Wildman–Crippen MR) is 164 cm³/mol. The van der Waals surface area contributed by atoms with Crippen LogP contribution in [0, 0.1) is 0 Å². The second-order valence-electron chi connectivity index (χ2n) is 10.1. The third kappa shape index (κ3) is 13.7. The summed E-state index contributed by atoms with van der Waals surface area (Å²) < 4.78 is 20.5. The average Bonchev–Trinajstić information content (AvgIpc) is 3.30. The van der Waals surface area contributed by atoms with Crippen LogP contribution in [0.1, 0.15) is 111 Å². The summed E-state index contributed by atoms with van der Waals surface area (Å²) in [5.41, 5.74) is 7.15. The Morgan fingerprint density at radius 3 is 2.14 bits per heavy atom. The molecule has 0 bridgehead atoms. The van der Waals surface area contributed by atoms with Crippen LogP contribution in [0.2, 0.25) is 0 Å². The lowest BCUT2D eigenvalue weighted by molar-refractivity contribution is 0.0880. The standard InChI is InChI=1S/C27H50N5O2PS2/c1-4-5-6-7-8-9-10-11-12-13-14-15-16-17-18-36-37-24(3)35(33)22-34-23(2)19-32-21-31-25-26(28)29-20-30-27(25)32/h20-21,23-24,35H,4-19,22H2,1-3H3,(H2,28,29,30). The summed E-state index contributed by atoms with van der Waals surface area (Å²) in [6.45, 7) is 6.90. The molecule has 0 aromatic carbocycles. The monoisotopic (exact) mass is 571 g/mol. The zero-order chi connectivity index (χ0) is 26.7. The molecule has 3 unspecified atom stereocenters. The topological polar surface area (TPSA) is 95.9 Å². The Hall–Kier alpha value is -0.760. The Kier molecular flexibility index (Phi) is 17.7. The fourth-order valence-corrected chi connectivity index (χ4v) is 9.04. The number of imidazole rings is 1. The number of anilines is 1. The summed E-state index contributed by atoms with van der Waals surface area (Å²) in [7, 11) is 1.81. The number of aromatic nitrogens is 4. The van der Waals surface area contributed by atoms with Gasteiger partial charge in [0.25, 0.3) is 0 Å². The van der Waals surface area contributed by atoms with Crippen LogP contribution in [0.5, 0.6) is 0 Å². The first-order valence-electron chi connectivity index (χ1n) is 14.4. The third-order valence-corrected chi connectivity index (χ3v) is 12.3. The largest absolute Gasteiger partial charge is 0.382 e. The molecule has 0 amide bonds. The van der Waals surface area contributed by atoms with Gasteiger partial charge in [-0.15, -0.1) is 0 Å².